The Kier molecular flexibility index (Phi) is 5.91. The van der Waals surface area contributed by atoms with Gasteiger partial charge in [-0.25, -0.2) is 9.67 Å². The van der Waals surface area contributed by atoms with Gasteiger partial charge in [-0.2, -0.15) is 5.10 Å². The van der Waals surface area contributed by atoms with Crippen molar-refractivity contribution in [1.29, 1.82) is 0 Å². The SMILES string of the molecule is Cc1ccc2cc(C)c(NCCNC(=O)c3c(C)nn(-c4ccccc4)c3Cl)nc2c1. The van der Waals surface area contributed by atoms with E-state index in [0.717, 1.165) is 28.0 Å². The molecule has 2 heterocycles. The van der Waals surface area contributed by atoms with Crippen molar-refractivity contribution in [2.45, 2.75) is 20.8 Å². The van der Waals surface area contributed by atoms with Gasteiger partial charge >= 0.3 is 0 Å². The van der Waals surface area contributed by atoms with Crippen molar-refractivity contribution >= 4 is 34.2 Å². The largest absolute Gasteiger partial charge is 0.368 e. The molecule has 0 unspecified atom stereocenters. The first-order chi connectivity index (χ1) is 14.9. The van der Waals surface area contributed by atoms with Gasteiger partial charge in [0.1, 0.15) is 11.0 Å². The molecule has 0 fully saturated rings. The number of nitrogens with one attached hydrogen (secondary N) is 2. The molecule has 2 aromatic heterocycles. The second kappa shape index (κ2) is 8.78. The first-order valence-corrected chi connectivity index (χ1v) is 10.5. The number of aromatic nitrogens is 3. The molecule has 4 aromatic rings. The molecule has 0 atom stereocenters. The number of nitrogens with zero attached hydrogens (tertiary/aromatic N) is 3. The van der Waals surface area contributed by atoms with Gasteiger partial charge in [0.15, 0.2) is 0 Å². The molecule has 4 rings (SSSR count). The lowest BCUT2D eigenvalue weighted by molar-refractivity contribution is 0.0954. The second-order valence-electron chi connectivity index (χ2n) is 7.53. The molecule has 0 radical (unpaired) electrons. The first-order valence-electron chi connectivity index (χ1n) is 10.1. The highest BCUT2D eigenvalue weighted by molar-refractivity contribution is 6.33. The van der Waals surface area contributed by atoms with Crippen LogP contribution in [-0.4, -0.2) is 33.8 Å². The van der Waals surface area contributed by atoms with Crippen LogP contribution in [0.3, 0.4) is 0 Å². The normalized spacial score (nSPS) is 11.0. The van der Waals surface area contributed by atoms with Crippen LogP contribution in [0.25, 0.3) is 16.6 Å². The van der Waals surface area contributed by atoms with Crippen molar-refractivity contribution in [1.82, 2.24) is 20.1 Å². The van der Waals surface area contributed by atoms with Gasteiger partial charge in [0.25, 0.3) is 5.91 Å². The average Bonchev–Trinajstić information content (AvgIpc) is 3.06. The maximum absolute atomic E-state index is 12.7. The summed E-state index contributed by atoms with van der Waals surface area (Å²) < 4.78 is 1.58. The fourth-order valence-electron chi connectivity index (χ4n) is 3.50. The standard InChI is InChI=1S/C24H24ClN5O/c1-15-9-10-18-14-16(2)23(28-20(18)13-15)26-11-12-27-24(31)21-17(3)29-30(22(21)25)19-7-5-4-6-8-19/h4-10,13-14H,11-12H2,1-3H3,(H,26,28)(H,27,31). The van der Waals surface area contributed by atoms with E-state index in [4.69, 9.17) is 16.6 Å². The van der Waals surface area contributed by atoms with E-state index in [2.05, 4.69) is 46.9 Å². The summed E-state index contributed by atoms with van der Waals surface area (Å²) in [6, 6.07) is 17.9. The van der Waals surface area contributed by atoms with Crippen LogP contribution in [0.4, 0.5) is 5.82 Å². The zero-order valence-electron chi connectivity index (χ0n) is 17.7. The number of carbonyl (C=O) groups is 1. The van der Waals surface area contributed by atoms with E-state index in [0.29, 0.717) is 29.5 Å². The number of fused-ring (bicyclic) bond motifs is 1. The third-order valence-corrected chi connectivity index (χ3v) is 5.45. The minimum Gasteiger partial charge on any atom is -0.368 e. The minimum atomic E-state index is -0.245. The van der Waals surface area contributed by atoms with Gasteiger partial charge in [-0.15, -0.1) is 0 Å². The molecule has 0 spiro atoms. The van der Waals surface area contributed by atoms with Gasteiger partial charge in [-0.1, -0.05) is 41.9 Å². The fourth-order valence-corrected chi connectivity index (χ4v) is 3.86. The van der Waals surface area contributed by atoms with E-state index in [9.17, 15) is 4.79 Å². The number of benzene rings is 2. The fraction of sp³-hybridized carbons (Fsp3) is 0.208. The molecule has 2 N–H and O–H groups in total. The van der Waals surface area contributed by atoms with Crippen molar-refractivity contribution in [3.8, 4) is 5.69 Å². The molecular formula is C24H24ClN5O. The highest BCUT2D eigenvalue weighted by atomic mass is 35.5. The summed E-state index contributed by atoms with van der Waals surface area (Å²) in [5.41, 5.74) is 4.97. The van der Waals surface area contributed by atoms with Crippen molar-refractivity contribution in [3.05, 3.63) is 82.1 Å². The molecule has 0 bridgehead atoms. The summed E-state index contributed by atoms with van der Waals surface area (Å²) in [6.45, 7) is 6.83. The molecule has 0 aliphatic heterocycles. The lowest BCUT2D eigenvalue weighted by Crippen LogP contribution is -2.29. The lowest BCUT2D eigenvalue weighted by Gasteiger charge is -2.11. The van der Waals surface area contributed by atoms with Crippen LogP contribution < -0.4 is 10.6 Å². The van der Waals surface area contributed by atoms with Crippen molar-refractivity contribution in [3.63, 3.8) is 0 Å². The average molecular weight is 434 g/mol. The predicted molar refractivity (Wildman–Crippen MR) is 125 cm³/mol. The highest BCUT2D eigenvalue weighted by Crippen LogP contribution is 2.23. The molecule has 0 saturated heterocycles. The van der Waals surface area contributed by atoms with Crippen molar-refractivity contribution < 1.29 is 4.79 Å². The Labute approximate surface area is 186 Å². The van der Waals surface area contributed by atoms with E-state index in [1.807, 2.05) is 37.3 Å². The van der Waals surface area contributed by atoms with E-state index in [1.54, 1.807) is 11.6 Å². The number of aryl methyl sites for hydroxylation is 3. The molecule has 158 valence electrons. The quantitative estimate of drug-likeness (QED) is 0.427. The molecule has 0 saturated carbocycles. The van der Waals surface area contributed by atoms with Crippen LogP contribution >= 0.6 is 11.6 Å². The summed E-state index contributed by atoms with van der Waals surface area (Å²) in [7, 11) is 0. The van der Waals surface area contributed by atoms with Crippen LogP contribution in [0.1, 0.15) is 27.2 Å². The summed E-state index contributed by atoms with van der Waals surface area (Å²) in [5, 5.41) is 12.1. The Hall–Kier alpha value is -3.38. The third-order valence-electron chi connectivity index (χ3n) is 5.10. The van der Waals surface area contributed by atoms with Crippen LogP contribution in [0.2, 0.25) is 5.15 Å². The number of amides is 1. The number of halogens is 1. The molecule has 6 nitrogen and oxygen atoms in total. The number of pyridine rings is 1. The Bertz CT molecular complexity index is 1250. The summed E-state index contributed by atoms with van der Waals surface area (Å²) >= 11 is 6.47. The maximum Gasteiger partial charge on any atom is 0.256 e. The van der Waals surface area contributed by atoms with Gasteiger partial charge < -0.3 is 10.6 Å². The Morgan fingerprint density at radius 2 is 1.81 bits per heavy atom. The molecule has 0 aliphatic carbocycles. The molecule has 0 aliphatic rings. The van der Waals surface area contributed by atoms with Gasteiger partial charge in [-0.05, 0) is 56.2 Å². The van der Waals surface area contributed by atoms with E-state index in [-0.39, 0.29) is 5.91 Å². The summed E-state index contributed by atoms with van der Waals surface area (Å²) in [5.74, 6) is 0.573. The Morgan fingerprint density at radius 3 is 2.58 bits per heavy atom. The van der Waals surface area contributed by atoms with E-state index < -0.39 is 0 Å². The minimum absolute atomic E-state index is 0.245. The van der Waals surface area contributed by atoms with E-state index >= 15 is 0 Å². The highest BCUT2D eigenvalue weighted by Gasteiger charge is 2.20. The molecule has 31 heavy (non-hydrogen) atoms. The number of rotatable bonds is 6. The second-order valence-corrected chi connectivity index (χ2v) is 7.89. The van der Waals surface area contributed by atoms with E-state index in [1.165, 1.54) is 5.56 Å². The number of carbonyl (C=O) groups excluding carboxylic acids is 1. The summed E-state index contributed by atoms with van der Waals surface area (Å²) in [4.78, 5) is 17.4. The Balaban J connectivity index is 1.41. The molecular weight excluding hydrogens is 410 g/mol. The monoisotopic (exact) mass is 433 g/mol. The van der Waals surface area contributed by atoms with Crippen molar-refractivity contribution in [2.24, 2.45) is 0 Å². The number of hydrogen-bond acceptors (Lipinski definition) is 4. The Morgan fingerprint density at radius 1 is 1.03 bits per heavy atom. The molecule has 1 amide bonds. The van der Waals surface area contributed by atoms with Crippen LogP contribution in [0.5, 0.6) is 0 Å². The molecule has 2 aromatic carbocycles. The zero-order chi connectivity index (χ0) is 22.0. The van der Waals surface area contributed by atoms with Gasteiger partial charge in [0.2, 0.25) is 0 Å². The topological polar surface area (TPSA) is 71.8 Å². The first kappa shape index (κ1) is 20.9. The summed E-state index contributed by atoms with van der Waals surface area (Å²) in [6.07, 6.45) is 0. The van der Waals surface area contributed by atoms with Crippen LogP contribution in [0, 0.1) is 20.8 Å². The van der Waals surface area contributed by atoms with Gasteiger partial charge in [0, 0.05) is 18.5 Å². The van der Waals surface area contributed by atoms with Crippen molar-refractivity contribution in [2.75, 3.05) is 18.4 Å². The maximum atomic E-state index is 12.7. The van der Waals surface area contributed by atoms with Crippen LogP contribution in [-0.2, 0) is 0 Å². The predicted octanol–water partition coefficient (Wildman–Crippen LogP) is 4.84. The van der Waals surface area contributed by atoms with Gasteiger partial charge in [0.05, 0.1) is 22.5 Å². The number of anilines is 1. The van der Waals surface area contributed by atoms with Gasteiger partial charge in [-0.3, -0.25) is 4.79 Å². The lowest BCUT2D eigenvalue weighted by atomic mass is 10.1. The van der Waals surface area contributed by atoms with Crippen LogP contribution in [0.15, 0.2) is 54.6 Å². The molecule has 7 heteroatoms. The third kappa shape index (κ3) is 4.39. The smallest absolute Gasteiger partial charge is 0.256 e. The zero-order valence-corrected chi connectivity index (χ0v) is 18.5. The number of para-hydroxylation sites is 1. The number of hydrogen-bond donors (Lipinski definition) is 2.